The number of hydrogen-bond acceptors (Lipinski definition) is 4. The van der Waals surface area contributed by atoms with Gasteiger partial charge in [0.2, 0.25) is 0 Å². The molecule has 0 radical (unpaired) electrons. The molecule has 2 aromatic carbocycles. The second-order valence-electron chi connectivity index (χ2n) is 3.60. The molecule has 2 N–H and O–H groups in total. The maximum atomic E-state index is 10.7. The molecule has 0 fully saturated rings. The monoisotopic (exact) mass is 400 g/mol. The maximum absolute atomic E-state index is 10.7. The summed E-state index contributed by atoms with van der Waals surface area (Å²) in [5.74, 6) is -3.25. The van der Waals surface area contributed by atoms with Crippen LogP contribution < -0.4 is 10.2 Å². The van der Waals surface area contributed by atoms with Gasteiger partial charge in [0, 0.05) is 0 Å². The standard InChI is InChI=1S/2C7H6O3.2Cu/c2*8-6-4-2-1-3-5(6)7(9)10;;/h2*1-4,8H,(H,9,10);;/q;;2*+1/p-2. The Balaban J connectivity index is 0. The first-order chi connectivity index (χ1) is 9.43. The number of aromatic carboxylic acids is 2. The van der Waals surface area contributed by atoms with Crippen LogP contribution in [0, 0.1) is 0 Å². The second kappa shape index (κ2) is 10.7. The summed E-state index contributed by atoms with van der Waals surface area (Å²) in [6, 6.07) is 11.1. The molecule has 0 amide bonds. The van der Waals surface area contributed by atoms with Gasteiger partial charge < -0.3 is 20.4 Å². The molecule has 2 rings (SSSR count). The van der Waals surface area contributed by atoms with Crippen LogP contribution in [0.4, 0.5) is 0 Å². The molecule has 0 aliphatic heterocycles. The van der Waals surface area contributed by atoms with Gasteiger partial charge in [0.15, 0.2) is 0 Å². The molecular weight excluding hydrogens is 391 g/mol. The van der Waals surface area contributed by atoms with E-state index in [1.807, 2.05) is 0 Å². The predicted octanol–water partition coefficient (Wildman–Crippen LogP) is 0.912. The van der Waals surface area contributed by atoms with Crippen molar-refractivity contribution in [3.8, 4) is 11.5 Å². The van der Waals surface area contributed by atoms with E-state index in [2.05, 4.69) is 0 Å². The molecule has 124 valence electrons. The van der Waals surface area contributed by atoms with E-state index in [1.54, 1.807) is 0 Å². The third-order valence-corrected chi connectivity index (χ3v) is 2.23. The summed E-state index contributed by atoms with van der Waals surface area (Å²) in [4.78, 5) is 20.4. The van der Waals surface area contributed by atoms with E-state index >= 15 is 0 Å². The van der Waals surface area contributed by atoms with E-state index < -0.39 is 23.4 Å². The van der Waals surface area contributed by atoms with Crippen molar-refractivity contribution in [2.75, 3.05) is 0 Å². The van der Waals surface area contributed by atoms with Gasteiger partial charge in [-0.25, -0.2) is 9.59 Å². The van der Waals surface area contributed by atoms with Crippen molar-refractivity contribution in [1.82, 2.24) is 0 Å². The van der Waals surface area contributed by atoms with Crippen molar-refractivity contribution in [2.24, 2.45) is 0 Å². The number of rotatable bonds is 2. The Morgan fingerprint density at radius 2 is 0.955 bits per heavy atom. The van der Waals surface area contributed by atoms with Crippen LogP contribution in [0.1, 0.15) is 20.7 Å². The molecule has 0 atom stereocenters. The van der Waals surface area contributed by atoms with Crippen molar-refractivity contribution in [1.29, 1.82) is 0 Å². The minimum atomic E-state index is -1.18. The molecule has 0 unspecified atom stereocenters. The number of carboxylic acid groups (broad SMARTS) is 2. The first kappa shape index (κ1) is 22.3. The van der Waals surface area contributed by atoms with Gasteiger partial charge in [-0.15, -0.1) is 0 Å². The van der Waals surface area contributed by atoms with Gasteiger partial charge >= 0.3 is 46.1 Å². The predicted molar refractivity (Wildman–Crippen MR) is 65.7 cm³/mol. The van der Waals surface area contributed by atoms with Crippen LogP contribution in [0.2, 0.25) is 0 Å². The van der Waals surface area contributed by atoms with Gasteiger partial charge in [-0.05, 0) is 12.1 Å². The first-order valence-electron chi connectivity index (χ1n) is 5.42. The summed E-state index contributed by atoms with van der Waals surface area (Å²) in [5, 5.41) is 38.1. The number of para-hydroxylation sites is 2. The van der Waals surface area contributed by atoms with Gasteiger partial charge in [-0.3, -0.25) is 0 Å². The van der Waals surface area contributed by atoms with Gasteiger partial charge in [-0.2, -0.15) is 0 Å². The summed E-state index contributed by atoms with van der Waals surface area (Å²) in [5.41, 5.74) is -0.356. The van der Waals surface area contributed by atoms with Crippen LogP contribution in [-0.4, -0.2) is 22.2 Å². The fourth-order valence-corrected chi connectivity index (χ4v) is 1.29. The van der Waals surface area contributed by atoms with Crippen molar-refractivity contribution in [2.45, 2.75) is 0 Å². The fraction of sp³-hybridized carbons (Fsp3) is 0. The molecule has 2 aromatic rings. The van der Waals surface area contributed by atoms with Crippen molar-refractivity contribution in [3.63, 3.8) is 0 Å². The largest absolute Gasteiger partial charge is 1.00 e. The van der Waals surface area contributed by atoms with Crippen molar-refractivity contribution in [3.05, 3.63) is 59.7 Å². The summed E-state index contributed by atoms with van der Waals surface area (Å²) in [7, 11) is 0. The van der Waals surface area contributed by atoms with Crippen molar-refractivity contribution < 1.29 is 64.2 Å². The number of hydrogen-bond donors (Lipinski definition) is 2. The van der Waals surface area contributed by atoms with E-state index in [0.29, 0.717) is 0 Å². The van der Waals surface area contributed by atoms with Crippen LogP contribution in [0.5, 0.6) is 11.5 Å². The summed E-state index contributed by atoms with van der Waals surface area (Å²) in [6.07, 6.45) is 0. The smallest absolute Gasteiger partial charge is 0.872 e. The van der Waals surface area contributed by atoms with E-state index in [9.17, 15) is 19.8 Å². The molecule has 0 bridgehead atoms. The van der Waals surface area contributed by atoms with Gasteiger partial charge in [-0.1, -0.05) is 47.9 Å². The Hall–Kier alpha value is -1.98. The maximum Gasteiger partial charge on any atom is 1.00 e. The first-order valence-corrected chi connectivity index (χ1v) is 5.42. The molecule has 0 saturated carbocycles. The fourth-order valence-electron chi connectivity index (χ4n) is 1.29. The van der Waals surface area contributed by atoms with E-state index in [4.69, 9.17) is 10.2 Å². The Morgan fingerprint density at radius 1 is 0.682 bits per heavy atom. The Kier molecular flexibility index (Phi) is 10.9. The molecule has 0 saturated heterocycles. The van der Waals surface area contributed by atoms with Crippen LogP contribution in [0.15, 0.2) is 48.5 Å². The van der Waals surface area contributed by atoms with E-state index in [1.165, 1.54) is 48.5 Å². The Morgan fingerprint density at radius 3 is 1.14 bits per heavy atom. The minimum absolute atomic E-state index is 0. The van der Waals surface area contributed by atoms with Gasteiger partial charge in [0.25, 0.3) is 0 Å². The molecule has 0 aliphatic rings. The van der Waals surface area contributed by atoms with E-state index in [-0.39, 0.29) is 45.3 Å². The summed E-state index contributed by atoms with van der Waals surface area (Å²) >= 11 is 0. The third kappa shape index (κ3) is 6.65. The molecule has 8 heteroatoms. The normalized spacial score (nSPS) is 8.36. The average Bonchev–Trinajstić information content (AvgIpc) is 2.40. The molecule has 0 heterocycles. The third-order valence-electron chi connectivity index (χ3n) is 2.23. The second-order valence-corrected chi connectivity index (χ2v) is 3.60. The SMILES string of the molecule is O=C(O)c1ccccc1[O-].O=C(O)c1ccccc1[O-].[Cu+].[Cu+]. The molecular formula is C14H10Cu2O6. The molecule has 0 aromatic heterocycles. The number of benzene rings is 2. The Bertz CT molecular complexity index is 575. The zero-order valence-corrected chi connectivity index (χ0v) is 12.6. The van der Waals surface area contributed by atoms with Gasteiger partial charge in [0.05, 0.1) is 11.1 Å². The van der Waals surface area contributed by atoms with E-state index in [0.717, 1.165) is 0 Å². The zero-order chi connectivity index (χ0) is 15.1. The molecule has 22 heavy (non-hydrogen) atoms. The Labute approximate surface area is 147 Å². The number of carboxylic acids is 2. The molecule has 6 nitrogen and oxygen atoms in total. The molecule has 0 aliphatic carbocycles. The molecule has 0 spiro atoms. The minimum Gasteiger partial charge on any atom is -0.872 e. The van der Waals surface area contributed by atoms with Crippen molar-refractivity contribution >= 4 is 11.9 Å². The summed E-state index contributed by atoms with van der Waals surface area (Å²) in [6.45, 7) is 0. The topological polar surface area (TPSA) is 121 Å². The van der Waals surface area contributed by atoms with Crippen LogP contribution >= 0.6 is 0 Å². The van der Waals surface area contributed by atoms with Crippen LogP contribution in [0.3, 0.4) is 0 Å². The number of carbonyl (C=O) groups is 2. The average molecular weight is 401 g/mol. The van der Waals surface area contributed by atoms with Crippen LogP contribution in [0.25, 0.3) is 0 Å². The van der Waals surface area contributed by atoms with Gasteiger partial charge in [0.1, 0.15) is 0 Å². The summed E-state index contributed by atoms with van der Waals surface area (Å²) < 4.78 is 0. The quantitative estimate of drug-likeness (QED) is 0.722. The zero-order valence-electron chi connectivity index (χ0n) is 10.7. The van der Waals surface area contributed by atoms with Crippen LogP contribution in [-0.2, 0) is 34.1 Å².